The fraction of sp³-hybridized carbons (Fsp3) is 0.800. The smallest absolute Gasteiger partial charge is 0.241 e. The molecule has 1 aromatic heterocycles. The normalized spacial score (nSPS) is 11.5. The van der Waals surface area contributed by atoms with Gasteiger partial charge in [0.05, 0.1) is 0 Å². The van der Waals surface area contributed by atoms with Crippen LogP contribution in [0, 0.1) is 0 Å². The van der Waals surface area contributed by atoms with Crippen molar-refractivity contribution in [2.75, 3.05) is 6.54 Å². The van der Waals surface area contributed by atoms with Crippen LogP contribution < -0.4 is 5.32 Å². The van der Waals surface area contributed by atoms with Crippen LogP contribution in [0.5, 0.6) is 0 Å². The summed E-state index contributed by atoms with van der Waals surface area (Å²) >= 11 is 0. The van der Waals surface area contributed by atoms with Crippen LogP contribution in [0.1, 0.15) is 39.9 Å². The number of carbonyl (C=O) groups is 1. The van der Waals surface area contributed by atoms with Crippen LogP contribution in [0.15, 0.2) is 0 Å². The molecule has 6 heteroatoms. The van der Waals surface area contributed by atoms with Gasteiger partial charge in [-0.25, -0.2) is 4.68 Å². The van der Waals surface area contributed by atoms with Crippen molar-refractivity contribution in [2.45, 2.75) is 46.1 Å². The number of rotatable bonds is 4. The van der Waals surface area contributed by atoms with Crippen molar-refractivity contribution in [3.8, 4) is 0 Å². The van der Waals surface area contributed by atoms with E-state index in [0.29, 0.717) is 6.54 Å². The first-order chi connectivity index (χ1) is 7.45. The summed E-state index contributed by atoms with van der Waals surface area (Å²) in [6, 6.07) is 0. The summed E-state index contributed by atoms with van der Waals surface area (Å²) in [5, 5.41) is 14.2. The lowest BCUT2D eigenvalue weighted by Gasteiger charge is -2.16. The number of hydrogen-bond donors (Lipinski definition) is 1. The summed E-state index contributed by atoms with van der Waals surface area (Å²) in [6.45, 7) is 8.92. The molecule has 1 N–H and O–H groups in total. The lowest BCUT2D eigenvalue weighted by Crippen LogP contribution is -2.31. The molecule has 6 nitrogen and oxygen atoms in total. The molecule has 0 aliphatic rings. The first kappa shape index (κ1) is 12.6. The lowest BCUT2D eigenvalue weighted by molar-refractivity contribution is -0.121. The van der Waals surface area contributed by atoms with Gasteiger partial charge in [0.15, 0.2) is 5.82 Å². The topological polar surface area (TPSA) is 72.7 Å². The molecule has 0 unspecified atom stereocenters. The highest BCUT2D eigenvalue weighted by Gasteiger charge is 2.22. The number of tetrazole rings is 1. The van der Waals surface area contributed by atoms with Crippen LogP contribution in [0.2, 0.25) is 0 Å². The van der Waals surface area contributed by atoms with Gasteiger partial charge in [-0.3, -0.25) is 4.79 Å². The number of aromatic nitrogens is 4. The van der Waals surface area contributed by atoms with Gasteiger partial charge in [-0.1, -0.05) is 27.7 Å². The van der Waals surface area contributed by atoms with Gasteiger partial charge in [0.2, 0.25) is 5.91 Å². The molecule has 0 radical (unpaired) electrons. The molecule has 0 spiro atoms. The number of hydrogen-bond acceptors (Lipinski definition) is 4. The Hall–Kier alpha value is -1.46. The van der Waals surface area contributed by atoms with E-state index < -0.39 is 0 Å². The van der Waals surface area contributed by atoms with E-state index in [2.05, 4.69) is 20.8 Å². The third kappa shape index (κ3) is 3.29. The Labute approximate surface area is 95.4 Å². The minimum atomic E-state index is -0.158. The fourth-order valence-electron chi connectivity index (χ4n) is 1.30. The molecular formula is C10H19N5O. The minimum absolute atomic E-state index is 0.0559. The highest BCUT2D eigenvalue weighted by atomic mass is 16.2. The predicted molar refractivity (Wildman–Crippen MR) is 59.8 cm³/mol. The maximum absolute atomic E-state index is 11.5. The number of carbonyl (C=O) groups excluding carboxylic acids is 1. The summed E-state index contributed by atoms with van der Waals surface area (Å²) in [4.78, 5) is 11.5. The molecule has 0 atom stereocenters. The summed E-state index contributed by atoms with van der Waals surface area (Å²) < 4.78 is 1.55. The number of amides is 1. The van der Waals surface area contributed by atoms with E-state index in [1.54, 1.807) is 4.68 Å². The standard InChI is InChI=1S/C10H19N5O/c1-5-6-11-8(16)7-15-9(10(2,3)4)12-13-14-15/h5-7H2,1-4H3,(H,11,16). The van der Waals surface area contributed by atoms with Gasteiger partial charge in [0.1, 0.15) is 6.54 Å². The van der Waals surface area contributed by atoms with Gasteiger partial charge < -0.3 is 5.32 Å². The number of nitrogens with one attached hydrogen (secondary N) is 1. The molecule has 0 saturated carbocycles. The third-order valence-corrected chi connectivity index (χ3v) is 2.07. The number of nitrogens with zero attached hydrogens (tertiary/aromatic N) is 4. The molecule has 0 bridgehead atoms. The molecule has 90 valence electrons. The average molecular weight is 225 g/mol. The Morgan fingerprint density at radius 1 is 1.44 bits per heavy atom. The van der Waals surface area contributed by atoms with Gasteiger partial charge in [0.25, 0.3) is 0 Å². The van der Waals surface area contributed by atoms with Crippen LogP contribution in [-0.4, -0.2) is 32.7 Å². The molecule has 1 heterocycles. The van der Waals surface area contributed by atoms with E-state index in [9.17, 15) is 4.79 Å². The van der Waals surface area contributed by atoms with Crippen LogP contribution in [0.4, 0.5) is 0 Å². The second kappa shape index (κ2) is 5.05. The highest BCUT2D eigenvalue weighted by molar-refractivity contribution is 5.75. The maximum Gasteiger partial charge on any atom is 0.241 e. The summed E-state index contributed by atoms with van der Waals surface area (Å²) in [5.74, 6) is 0.666. The van der Waals surface area contributed by atoms with Gasteiger partial charge >= 0.3 is 0 Å². The SMILES string of the molecule is CCCNC(=O)Cn1nnnc1C(C)(C)C. The van der Waals surface area contributed by atoms with Crippen LogP contribution in [0.25, 0.3) is 0 Å². The van der Waals surface area contributed by atoms with Crippen molar-refractivity contribution in [1.82, 2.24) is 25.5 Å². The molecule has 0 aliphatic heterocycles. The Kier molecular flexibility index (Phi) is 3.98. The summed E-state index contributed by atoms with van der Waals surface area (Å²) in [6.07, 6.45) is 0.924. The lowest BCUT2D eigenvalue weighted by atomic mass is 9.96. The molecule has 1 amide bonds. The van der Waals surface area contributed by atoms with Crippen molar-refractivity contribution in [3.63, 3.8) is 0 Å². The Morgan fingerprint density at radius 2 is 2.12 bits per heavy atom. The molecule has 1 aromatic rings. The molecule has 1 rings (SSSR count). The molecule has 0 aromatic carbocycles. The highest BCUT2D eigenvalue weighted by Crippen LogP contribution is 2.18. The van der Waals surface area contributed by atoms with E-state index >= 15 is 0 Å². The van der Waals surface area contributed by atoms with Crippen molar-refractivity contribution in [1.29, 1.82) is 0 Å². The second-order valence-corrected chi connectivity index (χ2v) is 4.76. The van der Waals surface area contributed by atoms with E-state index in [-0.39, 0.29) is 17.9 Å². The first-order valence-electron chi connectivity index (χ1n) is 5.48. The van der Waals surface area contributed by atoms with E-state index in [4.69, 9.17) is 0 Å². The first-order valence-corrected chi connectivity index (χ1v) is 5.48. The largest absolute Gasteiger partial charge is 0.355 e. The maximum atomic E-state index is 11.5. The Morgan fingerprint density at radius 3 is 2.69 bits per heavy atom. The van der Waals surface area contributed by atoms with Crippen molar-refractivity contribution >= 4 is 5.91 Å². The molecule has 16 heavy (non-hydrogen) atoms. The monoisotopic (exact) mass is 225 g/mol. The van der Waals surface area contributed by atoms with E-state index in [0.717, 1.165) is 12.2 Å². The zero-order valence-corrected chi connectivity index (χ0v) is 10.3. The molecule has 0 saturated heterocycles. The van der Waals surface area contributed by atoms with Gasteiger partial charge in [0, 0.05) is 12.0 Å². The van der Waals surface area contributed by atoms with Crippen LogP contribution in [0.3, 0.4) is 0 Å². The quantitative estimate of drug-likeness (QED) is 0.809. The van der Waals surface area contributed by atoms with Crippen LogP contribution >= 0.6 is 0 Å². The van der Waals surface area contributed by atoms with Gasteiger partial charge in [-0.2, -0.15) is 0 Å². The van der Waals surface area contributed by atoms with Crippen LogP contribution in [-0.2, 0) is 16.8 Å². The van der Waals surface area contributed by atoms with Gasteiger partial charge in [-0.05, 0) is 16.8 Å². The van der Waals surface area contributed by atoms with E-state index in [1.165, 1.54) is 0 Å². The zero-order chi connectivity index (χ0) is 12.2. The molecule has 0 fully saturated rings. The summed E-state index contributed by atoms with van der Waals surface area (Å²) in [5.41, 5.74) is -0.158. The average Bonchev–Trinajstić information content (AvgIpc) is 2.62. The molecular weight excluding hydrogens is 206 g/mol. The fourth-order valence-corrected chi connectivity index (χ4v) is 1.30. The van der Waals surface area contributed by atoms with Crippen molar-refractivity contribution in [2.24, 2.45) is 0 Å². The summed E-state index contributed by atoms with van der Waals surface area (Å²) in [7, 11) is 0. The third-order valence-electron chi connectivity index (χ3n) is 2.07. The minimum Gasteiger partial charge on any atom is -0.355 e. The Balaban J connectivity index is 2.67. The van der Waals surface area contributed by atoms with E-state index in [1.807, 2.05) is 27.7 Å². The zero-order valence-electron chi connectivity index (χ0n) is 10.3. The van der Waals surface area contributed by atoms with Crippen molar-refractivity contribution < 1.29 is 4.79 Å². The van der Waals surface area contributed by atoms with Crippen molar-refractivity contribution in [3.05, 3.63) is 5.82 Å². The molecule has 0 aliphatic carbocycles. The van der Waals surface area contributed by atoms with Gasteiger partial charge in [-0.15, -0.1) is 5.10 Å². The predicted octanol–water partition coefficient (Wildman–Crippen LogP) is 0.497. The Bertz CT molecular complexity index is 352. The second-order valence-electron chi connectivity index (χ2n) is 4.76.